The summed E-state index contributed by atoms with van der Waals surface area (Å²) in [5.74, 6) is 6.40. The molecule has 128 valence electrons. The van der Waals surface area contributed by atoms with Crippen molar-refractivity contribution in [1.82, 2.24) is 14.9 Å². The largest absolute Gasteiger partial charge is 0.493 e. The molecular formula is C14H17N5O4S. The van der Waals surface area contributed by atoms with Crippen LogP contribution in [-0.2, 0) is 4.79 Å². The van der Waals surface area contributed by atoms with Gasteiger partial charge in [-0.1, -0.05) is 11.8 Å². The summed E-state index contributed by atoms with van der Waals surface area (Å²) >= 11 is 1.01. The number of aromatic nitrogens is 3. The Morgan fingerprint density at radius 3 is 2.67 bits per heavy atom. The Labute approximate surface area is 142 Å². The van der Waals surface area contributed by atoms with E-state index in [9.17, 15) is 9.59 Å². The molecule has 0 bridgehead atoms. The average Bonchev–Trinajstić information content (AvgIpc) is 2.59. The number of aryl methyl sites for hydroxylation is 1. The number of rotatable bonds is 6. The summed E-state index contributed by atoms with van der Waals surface area (Å²) < 4.78 is 11.2. The zero-order valence-corrected chi connectivity index (χ0v) is 14.2. The summed E-state index contributed by atoms with van der Waals surface area (Å²) in [5, 5.41) is 10.4. The molecule has 0 radical (unpaired) electrons. The van der Waals surface area contributed by atoms with Crippen LogP contribution >= 0.6 is 11.8 Å². The molecule has 24 heavy (non-hydrogen) atoms. The SMILES string of the molecule is COc1ccc(NC(=O)CSc2nnc(C)c(=O)n2N)cc1OC. The maximum Gasteiger partial charge on any atom is 0.294 e. The van der Waals surface area contributed by atoms with Crippen LogP contribution in [-0.4, -0.2) is 40.8 Å². The molecule has 0 spiro atoms. The molecule has 2 aromatic rings. The Morgan fingerprint density at radius 1 is 1.29 bits per heavy atom. The van der Waals surface area contributed by atoms with Crippen LogP contribution in [0.1, 0.15) is 5.69 Å². The smallest absolute Gasteiger partial charge is 0.294 e. The van der Waals surface area contributed by atoms with E-state index < -0.39 is 5.56 Å². The third-order valence-electron chi connectivity index (χ3n) is 3.02. The number of hydrogen-bond acceptors (Lipinski definition) is 8. The second-order valence-corrected chi connectivity index (χ2v) is 5.59. The highest BCUT2D eigenvalue weighted by Crippen LogP contribution is 2.29. The Hall–Kier alpha value is -2.75. The molecule has 0 aliphatic heterocycles. The number of anilines is 1. The highest BCUT2D eigenvalue weighted by molar-refractivity contribution is 7.99. The minimum absolute atomic E-state index is 0.0166. The number of methoxy groups -OCH3 is 2. The molecule has 0 saturated heterocycles. The number of nitrogen functional groups attached to an aromatic ring is 1. The van der Waals surface area contributed by atoms with Crippen molar-refractivity contribution in [2.24, 2.45) is 0 Å². The summed E-state index contributed by atoms with van der Waals surface area (Å²) in [4.78, 5) is 23.7. The van der Waals surface area contributed by atoms with Crippen LogP contribution in [0.3, 0.4) is 0 Å². The van der Waals surface area contributed by atoms with E-state index in [2.05, 4.69) is 15.5 Å². The number of nitrogens with one attached hydrogen (secondary N) is 1. The van der Waals surface area contributed by atoms with Gasteiger partial charge >= 0.3 is 0 Å². The second kappa shape index (κ2) is 7.68. The topological polar surface area (TPSA) is 121 Å². The van der Waals surface area contributed by atoms with Gasteiger partial charge in [0.15, 0.2) is 11.5 Å². The molecule has 0 aliphatic rings. The molecular weight excluding hydrogens is 334 g/mol. The molecule has 0 atom stereocenters. The van der Waals surface area contributed by atoms with E-state index in [1.807, 2.05) is 0 Å². The summed E-state index contributed by atoms with van der Waals surface area (Å²) in [6.07, 6.45) is 0. The second-order valence-electron chi connectivity index (χ2n) is 4.65. The first kappa shape index (κ1) is 17.6. The number of nitrogens with zero attached hydrogens (tertiary/aromatic N) is 3. The van der Waals surface area contributed by atoms with E-state index in [0.29, 0.717) is 17.2 Å². The first-order valence-corrected chi connectivity index (χ1v) is 7.81. The fourth-order valence-corrected chi connectivity index (χ4v) is 2.46. The standard InChI is InChI=1S/C14H17N5O4S/c1-8-13(21)19(15)14(18-17-8)24-7-12(20)16-9-4-5-10(22-2)11(6-9)23-3/h4-6H,7,15H2,1-3H3,(H,16,20). The van der Waals surface area contributed by atoms with Crippen molar-refractivity contribution in [3.63, 3.8) is 0 Å². The van der Waals surface area contributed by atoms with Crippen LogP contribution in [0.5, 0.6) is 11.5 Å². The number of nitrogens with two attached hydrogens (primary N) is 1. The first-order chi connectivity index (χ1) is 11.5. The molecule has 1 amide bonds. The van der Waals surface area contributed by atoms with Gasteiger partial charge in [0.05, 0.1) is 20.0 Å². The molecule has 2 rings (SSSR count). The minimum atomic E-state index is -0.451. The lowest BCUT2D eigenvalue weighted by Gasteiger charge is -2.10. The third-order valence-corrected chi connectivity index (χ3v) is 3.96. The van der Waals surface area contributed by atoms with Crippen LogP contribution in [0.2, 0.25) is 0 Å². The first-order valence-electron chi connectivity index (χ1n) is 6.82. The van der Waals surface area contributed by atoms with E-state index in [1.54, 1.807) is 18.2 Å². The number of thioether (sulfide) groups is 1. The van der Waals surface area contributed by atoms with Crippen LogP contribution in [0.25, 0.3) is 0 Å². The zero-order chi connectivity index (χ0) is 17.7. The number of benzene rings is 1. The Bertz CT molecular complexity index is 808. The molecule has 9 nitrogen and oxygen atoms in total. The Balaban J connectivity index is 2.01. The molecule has 0 fully saturated rings. The van der Waals surface area contributed by atoms with Gasteiger partial charge in [0, 0.05) is 11.8 Å². The summed E-state index contributed by atoms with van der Waals surface area (Å²) in [5.41, 5.74) is 0.294. The fourth-order valence-electron chi connectivity index (χ4n) is 1.81. The number of ether oxygens (including phenoxy) is 2. The lowest BCUT2D eigenvalue weighted by Crippen LogP contribution is -2.32. The number of amides is 1. The van der Waals surface area contributed by atoms with E-state index in [-0.39, 0.29) is 22.5 Å². The van der Waals surface area contributed by atoms with Gasteiger partial charge in [-0.15, -0.1) is 10.2 Å². The van der Waals surface area contributed by atoms with Crippen molar-refractivity contribution < 1.29 is 14.3 Å². The highest BCUT2D eigenvalue weighted by atomic mass is 32.2. The fraction of sp³-hybridized carbons (Fsp3) is 0.286. The molecule has 0 unspecified atom stereocenters. The normalized spacial score (nSPS) is 10.3. The van der Waals surface area contributed by atoms with Gasteiger partial charge in [-0.25, -0.2) is 0 Å². The number of hydrogen-bond donors (Lipinski definition) is 2. The predicted molar refractivity (Wildman–Crippen MR) is 90.1 cm³/mol. The summed E-state index contributed by atoms with van der Waals surface area (Å²) in [6.45, 7) is 1.51. The summed E-state index contributed by atoms with van der Waals surface area (Å²) in [7, 11) is 3.04. The van der Waals surface area contributed by atoms with Gasteiger partial charge in [-0.2, -0.15) is 4.68 Å². The Morgan fingerprint density at radius 2 is 2.00 bits per heavy atom. The Kier molecular flexibility index (Phi) is 5.64. The highest BCUT2D eigenvalue weighted by Gasteiger charge is 2.11. The van der Waals surface area contributed by atoms with Crippen molar-refractivity contribution in [2.45, 2.75) is 12.1 Å². The molecule has 3 N–H and O–H groups in total. The van der Waals surface area contributed by atoms with Gasteiger partial charge in [0.2, 0.25) is 11.1 Å². The maximum atomic E-state index is 12.0. The van der Waals surface area contributed by atoms with Gasteiger partial charge in [-0.05, 0) is 19.1 Å². The number of carbonyl (C=O) groups is 1. The zero-order valence-electron chi connectivity index (χ0n) is 13.4. The van der Waals surface area contributed by atoms with Crippen LogP contribution in [0, 0.1) is 6.92 Å². The molecule has 1 heterocycles. The van der Waals surface area contributed by atoms with E-state index in [4.69, 9.17) is 15.3 Å². The van der Waals surface area contributed by atoms with Crippen LogP contribution in [0.4, 0.5) is 5.69 Å². The van der Waals surface area contributed by atoms with Crippen molar-refractivity contribution in [3.8, 4) is 11.5 Å². The van der Waals surface area contributed by atoms with E-state index >= 15 is 0 Å². The monoisotopic (exact) mass is 351 g/mol. The molecule has 1 aromatic carbocycles. The third kappa shape index (κ3) is 3.96. The van der Waals surface area contributed by atoms with Crippen molar-refractivity contribution >= 4 is 23.4 Å². The van der Waals surface area contributed by atoms with Crippen molar-refractivity contribution in [3.05, 3.63) is 34.2 Å². The summed E-state index contributed by atoms with van der Waals surface area (Å²) in [6, 6.07) is 5.02. The van der Waals surface area contributed by atoms with Gasteiger partial charge < -0.3 is 20.6 Å². The van der Waals surface area contributed by atoms with Crippen LogP contribution in [0.15, 0.2) is 28.2 Å². The van der Waals surface area contributed by atoms with Gasteiger partial charge in [0.1, 0.15) is 5.69 Å². The van der Waals surface area contributed by atoms with Crippen molar-refractivity contribution in [1.29, 1.82) is 0 Å². The number of carbonyl (C=O) groups excluding carboxylic acids is 1. The van der Waals surface area contributed by atoms with E-state index in [1.165, 1.54) is 21.1 Å². The molecule has 10 heteroatoms. The van der Waals surface area contributed by atoms with Gasteiger partial charge in [0.25, 0.3) is 5.56 Å². The quantitative estimate of drug-likeness (QED) is 0.567. The molecule has 0 saturated carbocycles. The maximum absolute atomic E-state index is 12.0. The van der Waals surface area contributed by atoms with Crippen LogP contribution < -0.4 is 26.2 Å². The lowest BCUT2D eigenvalue weighted by molar-refractivity contribution is -0.113. The minimum Gasteiger partial charge on any atom is -0.493 e. The predicted octanol–water partition coefficient (Wildman–Crippen LogP) is 0.409. The van der Waals surface area contributed by atoms with E-state index in [0.717, 1.165) is 16.4 Å². The molecule has 0 aliphatic carbocycles. The lowest BCUT2D eigenvalue weighted by atomic mass is 10.2. The van der Waals surface area contributed by atoms with Gasteiger partial charge in [-0.3, -0.25) is 9.59 Å². The molecule has 1 aromatic heterocycles. The average molecular weight is 351 g/mol. The van der Waals surface area contributed by atoms with Crippen molar-refractivity contribution in [2.75, 3.05) is 31.1 Å².